The second kappa shape index (κ2) is 6.25. The summed E-state index contributed by atoms with van der Waals surface area (Å²) in [7, 11) is 0. The lowest BCUT2D eigenvalue weighted by atomic mass is 10.0. The van der Waals surface area contributed by atoms with Crippen molar-refractivity contribution in [2.45, 2.75) is 20.0 Å². The number of ether oxygens (including phenoxy) is 1. The molecule has 0 radical (unpaired) electrons. The molecule has 1 heterocycles. The molecular formula is C20H16Cl2N2O. The summed E-state index contributed by atoms with van der Waals surface area (Å²) in [5.41, 5.74) is 2.77. The minimum Gasteiger partial charge on any atom is -0.488 e. The van der Waals surface area contributed by atoms with Crippen molar-refractivity contribution in [3.63, 3.8) is 0 Å². The fourth-order valence-corrected chi connectivity index (χ4v) is 3.55. The zero-order valence-electron chi connectivity index (χ0n) is 13.8. The fourth-order valence-electron chi connectivity index (χ4n) is 2.98. The molecule has 1 N–H and O–H groups in total. The van der Waals surface area contributed by atoms with Crippen LogP contribution in [0.4, 0.5) is 11.4 Å². The minimum atomic E-state index is -0.00419. The molecule has 0 spiro atoms. The van der Waals surface area contributed by atoms with Crippen LogP contribution in [0.1, 0.15) is 19.4 Å². The van der Waals surface area contributed by atoms with Crippen LogP contribution < -0.4 is 10.1 Å². The van der Waals surface area contributed by atoms with Crippen molar-refractivity contribution >= 4 is 51.2 Å². The van der Waals surface area contributed by atoms with Crippen LogP contribution >= 0.6 is 23.2 Å². The van der Waals surface area contributed by atoms with E-state index < -0.39 is 0 Å². The normalized spacial score (nSPS) is 12.9. The lowest BCUT2D eigenvalue weighted by Gasteiger charge is -2.20. The van der Waals surface area contributed by atoms with Crippen LogP contribution in [0.2, 0.25) is 10.0 Å². The number of halogens is 2. The van der Waals surface area contributed by atoms with E-state index in [9.17, 15) is 0 Å². The Balaban J connectivity index is 1.81. The number of nitrogens with zero attached hydrogens (tertiary/aromatic N) is 1. The highest BCUT2D eigenvalue weighted by atomic mass is 35.5. The fraction of sp³-hybridized carbons (Fsp3) is 0.150. The molecule has 0 bridgehead atoms. The van der Waals surface area contributed by atoms with Crippen molar-refractivity contribution in [1.82, 2.24) is 0 Å². The van der Waals surface area contributed by atoms with Gasteiger partial charge in [-0.3, -0.25) is 0 Å². The first kappa shape index (κ1) is 16.2. The van der Waals surface area contributed by atoms with Gasteiger partial charge in [0, 0.05) is 16.6 Å². The van der Waals surface area contributed by atoms with E-state index in [-0.39, 0.29) is 6.10 Å². The average molecular weight is 371 g/mol. The van der Waals surface area contributed by atoms with Gasteiger partial charge in [-0.1, -0.05) is 47.5 Å². The molecule has 0 aliphatic carbocycles. The molecule has 3 aromatic carbocycles. The topological polar surface area (TPSA) is 33.6 Å². The molecule has 3 aromatic rings. The maximum atomic E-state index is 6.39. The molecule has 3 nitrogen and oxygen atoms in total. The third kappa shape index (κ3) is 2.94. The van der Waals surface area contributed by atoms with Crippen LogP contribution in [0.15, 0.2) is 53.5 Å². The molecule has 5 heteroatoms. The van der Waals surface area contributed by atoms with Crippen molar-refractivity contribution in [3.8, 4) is 5.75 Å². The molecule has 126 valence electrons. The summed E-state index contributed by atoms with van der Waals surface area (Å²) >= 11 is 12.8. The number of aliphatic imine (C=N–C) groups is 1. The highest BCUT2D eigenvalue weighted by Gasteiger charge is 2.18. The monoisotopic (exact) mass is 370 g/mol. The van der Waals surface area contributed by atoms with E-state index in [2.05, 4.69) is 17.4 Å². The molecule has 0 fully saturated rings. The van der Waals surface area contributed by atoms with Crippen LogP contribution in [0.25, 0.3) is 10.8 Å². The quantitative estimate of drug-likeness (QED) is 0.575. The van der Waals surface area contributed by atoms with Gasteiger partial charge in [-0.05, 0) is 43.5 Å². The third-order valence-electron chi connectivity index (χ3n) is 3.99. The van der Waals surface area contributed by atoms with Gasteiger partial charge < -0.3 is 10.1 Å². The van der Waals surface area contributed by atoms with E-state index in [1.807, 2.05) is 50.2 Å². The largest absolute Gasteiger partial charge is 0.488 e. The van der Waals surface area contributed by atoms with Crippen LogP contribution in [-0.2, 0) is 0 Å². The van der Waals surface area contributed by atoms with Crippen molar-refractivity contribution < 1.29 is 4.74 Å². The highest BCUT2D eigenvalue weighted by molar-refractivity contribution is 6.38. The number of nitrogens with one attached hydrogen (secondary N) is 1. The van der Waals surface area contributed by atoms with Crippen molar-refractivity contribution in [2.24, 2.45) is 4.99 Å². The molecule has 0 atom stereocenters. The SMILES string of the molecule is CC(C)Oc1c(Cl)cc(C2=Nc3cccc4cccc(c34)N2)cc1Cl. The van der Waals surface area contributed by atoms with Gasteiger partial charge in [0.15, 0.2) is 5.75 Å². The number of hydrogen-bond acceptors (Lipinski definition) is 3. The second-order valence-electron chi connectivity index (χ2n) is 6.20. The summed E-state index contributed by atoms with van der Waals surface area (Å²) in [5, 5.41) is 6.60. The molecule has 25 heavy (non-hydrogen) atoms. The van der Waals surface area contributed by atoms with Gasteiger partial charge in [-0.25, -0.2) is 4.99 Å². The van der Waals surface area contributed by atoms with E-state index in [1.54, 1.807) is 0 Å². The molecule has 0 saturated heterocycles. The molecule has 0 saturated carbocycles. The lowest BCUT2D eigenvalue weighted by molar-refractivity contribution is 0.243. The first-order chi connectivity index (χ1) is 12.0. The molecule has 0 unspecified atom stereocenters. The van der Waals surface area contributed by atoms with Gasteiger partial charge in [-0.15, -0.1) is 0 Å². The van der Waals surface area contributed by atoms with Gasteiger partial charge >= 0.3 is 0 Å². The summed E-state index contributed by atoms with van der Waals surface area (Å²) in [5.74, 6) is 1.21. The lowest BCUT2D eigenvalue weighted by Crippen LogP contribution is -2.16. The van der Waals surface area contributed by atoms with Gasteiger partial charge in [0.05, 0.1) is 21.8 Å². The molecule has 1 aliphatic heterocycles. The predicted molar refractivity (Wildman–Crippen MR) is 106 cm³/mol. The minimum absolute atomic E-state index is 0.00419. The molecular weight excluding hydrogens is 355 g/mol. The number of anilines is 1. The Hall–Kier alpha value is -2.23. The maximum Gasteiger partial charge on any atom is 0.156 e. The highest BCUT2D eigenvalue weighted by Crippen LogP contribution is 2.39. The van der Waals surface area contributed by atoms with Gasteiger partial charge in [0.25, 0.3) is 0 Å². The maximum absolute atomic E-state index is 6.39. The predicted octanol–water partition coefficient (Wildman–Crippen LogP) is 6.44. The van der Waals surface area contributed by atoms with Crippen molar-refractivity contribution in [3.05, 3.63) is 64.1 Å². The van der Waals surface area contributed by atoms with E-state index in [4.69, 9.17) is 32.9 Å². The Morgan fingerprint density at radius 3 is 2.36 bits per heavy atom. The smallest absolute Gasteiger partial charge is 0.156 e. The zero-order valence-corrected chi connectivity index (χ0v) is 15.3. The second-order valence-corrected chi connectivity index (χ2v) is 7.02. The van der Waals surface area contributed by atoms with Crippen LogP contribution in [-0.4, -0.2) is 11.9 Å². The summed E-state index contributed by atoms with van der Waals surface area (Å²) in [4.78, 5) is 4.75. The first-order valence-electron chi connectivity index (χ1n) is 8.06. The first-order valence-corrected chi connectivity index (χ1v) is 8.82. The van der Waals surface area contributed by atoms with Crippen molar-refractivity contribution in [1.29, 1.82) is 0 Å². The van der Waals surface area contributed by atoms with E-state index in [0.29, 0.717) is 21.6 Å². The standard InChI is InChI=1S/C20H16Cl2N2O/c1-11(2)25-19-14(21)9-13(10-15(19)22)20-23-16-7-3-5-12-6-4-8-17(24-20)18(12)16/h3-11H,1-2H3,(H,23,24). The Labute approximate surface area is 156 Å². The van der Waals surface area contributed by atoms with Crippen LogP contribution in [0.3, 0.4) is 0 Å². The average Bonchev–Trinajstić information content (AvgIpc) is 2.58. The zero-order chi connectivity index (χ0) is 17.6. The Morgan fingerprint density at radius 2 is 1.68 bits per heavy atom. The van der Waals surface area contributed by atoms with Crippen LogP contribution in [0.5, 0.6) is 5.75 Å². The van der Waals surface area contributed by atoms with E-state index >= 15 is 0 Å². The summed E-state index contributed by atoms with van der Waals surface area (Å²) in [6, 6.07) is 15.9. The third-order valence-corrected chi connectivity index (χ3v) is 4.55. The van der Waals surface area contributed by atoms with E-state index in [0.717, 1.165) is 27.7 Å². The van der Waals surface area contributed by atoms with Crippen molar-refractivity contribution in [2.75, 3.05) is 5.32 Å². The Morgan fingerprint density at radius 1 is 1.00 bits per heavy atom. The summed E-state index contributed by atoms with van der Waals surface area (Å²) in [6.45, 7) is 3.87. The number of benzene rings is 3. The Bertz CT molecular complexity index is 983. The Kier molecular flexibility index (Phi) is 4.06. The molecule has 0 amide bonds. The summed E-state index contributed by atoms with van der Waals surface area (Å²) in [6.07, 6.45) is -0.00419. The number of amidine groups is 1. The number of hydrogen-bond donors (Lipinski definition) is 1. The molecule has 1 aliphatic rings. The van der Waals surface area contributed by atoms with Gasteiger partial charge in [0.1, 0.15) is 5.84 Å². The summed E-state index contributed by atoms with van der Waals surface area (Å²) < 4.78 is 5.70. The van der Waals surface area contributed by atoms with Gasteiger partial charge in [0.2, 0.25) is 0 Å². The van der Waals surface area contributed by atoms with E-state index in [1.165, 1.54) is 0 Å². The molecule has 0 aromatic heterocycles. The van der Waals surface area contributed by atoms with Gasteiger partial charge in [-0.2, -0.15) is 0 Å². The van der Waals surface area contributed by atoms with Crippen LogP contribution in [0, 0.1) is 0 Å². The number of rotatable bonds is 3. The molecule has 4 rings (SSSR count).